The lowest BCUT2D eigenvalue weighted by Crippen LogP contribution is -2.23. The summed E-state index contributed by atoms with van der Waals surface area (Å²) in [5.41, 5.74) is 4.74. The number of hydrazone groups is 1. The fraction of sp³-hybridized carbons (Fsp3) is 0.0625. The third-order valence-corrected chi connectivity index (χ3v) is 3.27. The monoisotopic (exact) mass is 323 g/mol. The van der Waals surface area contributed by atoms with E-state index < -0.39 is 5.97 Å². The van der Waals surface area contributed by atoms with Crippen molar-refractivity contribution in [2.75, 3.05) is 0 Å². The van der Waals surface area contributed by atoms with Gasteiger partial charge < -0.3 is 5.11 Å². The highest BCUT2D eigenvalue weighted by Crippen LogP contribution is 2.09. The van der Waals surface area contributed by atoms with E-state index in [0.717, 1.165) is 5.52 Å². The number of hydrogen-bond donors (Lipinski definition) is 2. The Labute approximate surface area is 136 Å². The molecular weight excluding hydrogens is 310 g/mol. The molecule has 1 aromatic heterocycles. The molecule has 0 fully saturated rings. The first-order valence-corrected chi connectivity index (χ1v) is 7.07. The number of carbonyl (C=O) groups is 2. The van der Waals surface area contributed by atoms with Gasteiger partial charge >= 0.3 is 5.97 Å². The van der Waals surface area contributed by atoms with Crippen LogP contribution in [-0.4, -0.2) is 38.2 Å². The molecule has 0 bridgehead atoms. The van der Waals surface area contributed by atoms with Crippen LogP contribution in [0.4, 0.5) is 0 Å². The molecule has 0 atom stereocenters. The molecule has 24 heavy (non-hydrogen) atoms. The van der Waals surface area contributed by atoms with Gasteiger partial charge in [0, 0.05) is 0 Å². The highest BCUT2D eigenvalue weighted by molar-refractivity contribution is 5.89. The summed E-state index contributed by atoms with van der Waals surface area (Å²) in [6, 6.07) is 13.5. The number of nitrogens with zero attached hydrogens (tertiary/aromatic N) is 4. The third kappa shape index (κ3) is 3.43. The molecular formula is C16H13N5O3. The Kier molecular flexibility index (Phi) is 4.28. The second kappa shape index (κ2) is 6.69. The quantitative estimate of drug-likeness (QED) is 0.543. The fourth-order valence-electron chi connectivity index (χ4n) is 2.10. The number of benzene rings is 2. The second-order valence-corrected chi connectivity index (χ2v) is 4.96. The van der Waals surface area contributed by atoms with E-state index in [-0.39, 0.29) is 18.0 Å². The Balaban J connectivity index is 1.60. The first-order valence-electron chi connectivity index (χ1n) is 7.07. The molecule has 1 amide bonds. The molecule has 0 aliphatic rings. The number of aromatic nitrogens is 3. The highest BCUT2D eigenvalue weighted by Gasteiger charge is 2.07. The fourth-order valence-corrected chi connectivity index (χ4v) is 2.10. The second-order valence-electron chi connectivity index (χ2n) is 4.96. The van der Waals surface area contributed by atoms with Crippen molar-refractivity contribution in [1.82, 2.24) is 20.4 Å². The van der Waals surface area contributed by atoms with Gasteiger partial charge in [-0.15, -0.1) is 5.10 Å². The number of hydrogen-bond acceptors (Lipinski definition) is 5. The zero-order valence-corrected chi connectivity index (χ0v) is 12.5. The minimum absolute atomic E-state index is 0.00416. The standard InChI is InChI=1S/C16H13N5O3/c22-15(10-21-14-4-2-1-3-13(14)18-20-21)19-17-9-11-5-7-12(8-6-11)16(23)24/h1-9H,10H2,(H,19,22)(H,23,24). The summed E-state index contributed by atoms with van der Waals surface area (Å²) >= 11 is 0. The van der Waals surface area contributed by atoms with Gasteiger partial charge in [-0.25, -0.2) is 14.9 Å². The molecule has 8 heteroatoms. The number of carboxylic acid groups (broad SMARTS) is 1. The summed E-state index contributed by atoms with van der Waals surface area (Å²) in [5, 5.41) is 20.6. The van der Waals surface area contributed by atoms with Gasteiger partial charge in [0.2, 0.25) is 0 Å². The van der Waals surface area contributed by atoms with Crippen molar-refractivity contribution < 1.29 is 14.7 Å². The number of fused-ring (bicyclic) bond motifs is 1. The predicted octanol–water partition coefficient (Wildman–Crippen LogP) is 1.28. The molecule has 0 spiro atoms. The molecule has 120 valence electrons. The van der Waals surface area contributed by atoms with E-state index in [0.29, 0.717) is 11.1 Å². The van der Waals surface area contributed by atoms with Crippen molar-refractivity contribution in [1.29, 1.82) is 0 Å². The molecule has 2 N–H and O–H groups in total. The van der Waals surface area contributed by atoms with Crippen molar-refractivity contribution in [3.63, 3.8) is 0 Å². The van der Waals surface area contributed by atoms with Gasteiger partial charge in [0.1, 0.15) is 12.1 Å². The molecule has 3 rings (SSSR count). The van der Waals surface area contributed by atoms with Crippen LogP contribution in [-0.2, 0) is 11.3 Å². The molecule has 1 heterocycles. The van der Waals surface area contributed by atoms with Crippen LogP contribution in [0, 0.1) is 0 Å². The highest BCUT2D eigenvalue weighted by atomic mass is 16.4. The maximum atomic E-state index is 11.9. The number of nitrogens with one attached hydrogen (secondary N) is 1. The smallest absolute Gasteiger partial charge is 0.335 e. The van der Waals surface area contributed by atoms with Crippen LogP contribution in [0.5, 0.6) is 0 Å². The SMILES string of the molecule is O=C(Cn1nnc2ccccc21)NN=Cc1ccc(C(=O)O)cc1. The van der Waals surface area contributed by atoms with Crippen LogP contribution in [0.3, 0.4) is 0 Å². The molecule has 0 aliphatic heterocycles. The van der Waals surface area contributed by atoms with Crippen LogP contribution >= 0.6 is 0 Å². The zero-order valence-electron chi connectivity index (χ0n) is 12.5. The van der Waals surface area contributed by atoms with Crippen molar-refractivity contribution in [3.05, 3.63) is 59.7 Å². The van der Waals surface area contributed by atoms with Gasteiger partial charge in [-0.3, -0.25) is 4.79 Å². The van der Waals surface area contributed by atoms with Crippen LogP contribution in [0.1, 0.15) is 15.9 Å². The first kappa shape index (κ1) is 15.3. The van der Waals surface area contributed by atoms with Crippen LogP contribution in [0.15, 0.2) is 53.6 Å². The summed E-state index contributed by atoms with van der Waals surface area (Å²) in [6.45, 7) is -0.00416. The number of carboxylic acids is 1. The van der Waals surface area contributed by atoms with Gasteiger partial charge in [0.15, 0.2) is 0 Å². The summed E-state index contributed by atoms with van der Waals surface area (Å²) in [4.78, 5) is 22.7. The van der Waals surface area contributed by atoms with E-state index >= 15 is 0 Å². The lowest BCUT2D eigenvalue weighted by molar-refractivity contribution is -0.121. The lowest BCUT2D eigenvalue weighted by atomic mass is 10.1. The van der Waals surface area contributed by atoms with E-state index in [1.165, 1.54) is 23.0 Å². The summed E-state index contributed by atoms with van der Waals surface area (Å²) in [5.74, 6) is -1.34. The van der Waals surface area contributed by atoms with Gasteiger partial charge in [-0.2, -0.15) is 5.10 Å². The third-order valence-electron chi connectivity index (χ3n) is 3.27. The van der Waals surface area contributed by atoms with Crippen LogP contribution in [0.2, 0.25) is 0 Å². The predicted molar refractivity (Wildman–Crippen MR) is 86.7 cm³/mol. The molecule has 0 saturated heterocycles. The van der Waals surface area contributed by atoms with Gasteiger partial charge in [-0.1, -0.05) is 29.5 Å². The van der Waals surface area contributed by atoms with Crippen molar-refractivity contribution in [3.8, 4) is 0 Å². The summed E-state index contributed by atoms with van der Waals surface area (Å²) in [7, 11) is 0. The minimum Gasteiger partial charge on any atom is -0.478 e. The van der Waals surface area contributed by atoms with E-state index in [1.807, 2.05) is 24.3 Å². The van der Waals surface area contributed by atoms with Crippen molar-refractivity contribution in [2.24, 2.45) is 5.10 Å². The number of aromatic carboxylic acids is 1. The van der Waals surface area contributed by atoms with E-state index in [9.17, 15) is 9.59 Å². The largest absolute Gasteiger partial charge is 0.478 e. The molecule has 8 nitrogen and oxygen atoms in total. The maximum Gasteiger partial charge on any atom is 0.335 e. The van der Waals surface area contributed by atoms with E-state index in [1.54, 1.807) is 12.1 Å². The van der Waals surface area contributed by atoms with E-state index in [2.05, 4.69) is 20.8 Å². The summed E-state index contributed by atoms with van der Waals surface area (Å²) in [6.07, 6.45) is 1.43. The Bertz CT molecular complexity index is 915. The van der Waals surface area contributed by atoms with E-state index in [4.69, 9.17) is 5.11 Å². The maximum absolute atomic E-state index is 11.9. The average molecular weight is 323 g/mol. The molecule has 0 saturated carbocycles. The Hall–Kier alpha value is -3.55. The Morgan fingerprint density at radius 1 is 1.17 bits per heavy atom. The number of amides is 1. The Morgan fingerprint density at radius 3 is 2.67 bits per heavy atom. The van der Waals surface area contributed by atoms with Crippen LogP contribution in [0.25, 0.3) is 11.0 Å². The molecule has 3 aromatic rings. The molecule has 2 aromatic carbocycles. The lowest BCUT2D eigenvalue weighted by Gasteiger charge is -2.01. The average Bonchev–Trinajstić information content (AvgIpc) is 2.98. The molecule has 0 unspecified atom stereocenters. The Morgan fingerprint density at radius 2 is 1.92 bits per heavy atom. The van der Waals surface area contributed by atoms with Gasteiger partial charge in [-0.05, 0) is 29.8 Å². The first-order chi connectivity index (χ1) is 11.6. The molecule has 0 aliphatic carbocycles. The normalized spacial score (nSPS) is 11.0. The van der Waals surface area contributed by atoms with Crippen molar-refractivity contribution >= 4 is 29.1 Å². The minimum atomic E-state index is -0.994. The van der Waals surface area contributed by atoms with Crippen molar-refractivity contribution in [2.45, 2.75) is 6.54 Å². The number of carbonyl (C=O) groups excluding carboxylic acids is 1. The molecule has 0 radical (unpaired) electrons. The van der Waals surface area contributed by atoms with Gasteiger partial charge in [0.05, 0.1) is 17.3 Å². The van der Waals surface area contributed by atoms with Crippen LogP contribution < -0.4 is 5.43 Å². The number of rotatable bonds is 5. The van der Waals surface area contributed by atoms with Gasteiger partial charge in [0.25, 0.3) is 5.91 Å². The zero-order chi connectivity index (χ0) is 16.9. The topological polar surface area (TPSA) is 109 Å². The summed E-state index contributed by atoms with van der Waals surface area (Å²) < 4.78 is 1.49. The number of para-hydroxylation sites is 1.